The third-order valence-electron chi connectivity index (χ3n) is 6.12. The molecule has 2 atom stereocenters. The van der Waals surface area contributed by atoms with Crippen LogP contribution in [-0.4, -0.2) is 51.7 Å². The number of hydrogen-bond acceptors (Lipinski definition) is 5. The number of fused-ring (bicyclic) bond motifs is 3. The number of nitrogens with zero attached hydrogens (tertiary/aromatic N) is 1. The second-order valence-corrected chi connectivity index (χ2v) is 8.49. The Morgan fingerprint density at radius 1 is 1.03 bits per heavy atom. The molecule has 0 unspecified atom stereocenters. The molecule has 1 aliphatic carbocycles. The average molecular weight is 477 g/mol. The predicted octanol–water partition coefficient (Wildman–Crippen LogP) is 3.23. The molecule has 1 heterocycles. The highest BCUT2D eigenvalue weighted by molar-refractivity contribution is 5.89. The largest absolute Gasteiger partial charge is 0.480 e. The molecule has 0 aliphatic heterocycles. The zero-order chi connectivity index (χ0) is 24.8. The molecule has 1 aliphatic rings. The van der Waals surface area contributed by atoms with E-state index in [2.05, 4.69) is 32.7 Å². The number of rotatable bonds is 10. The topological polar surface area (TPSA) is 133 Å². The summed E-state index contributed by atoms with van der Waals surface area (Å²) in [5, 5.41) is 14.6. The number of carboxylic acid groups (broad SMARTS) is 1. The van der Waals surface area contributed by atoms with E-state index in [0.717, 1.165) is 22.3 Å². The van der Waals surface area contributed by atoms with E-state index in [9.17, 15) is 19.5 Å². The molecular formula is C26H28N4O5. The molecule has 2 amide bonds. The van der Waals surface area contributed by atoms with Gasteiger partial charge in [-0.2, -0.15) is 0 Å². The molecular weight excluding hydrogens is 448 g/mol. The summed E-state index contributed by atoms with van der Waals surface area (Å²) < 4.78 is 5.54. The minimum atomic E-state index is -1.18. The quantitative estimate of drug-likeness (QED) is 0.355. The molecule has 0 bridgehead atoms. The van der Waals surface area contributed by atoms with Gasteiger partial charge in [-0.05, 0) is 28.7 Å². The van der Waals surface area contributed by atoms with Gasteiger partial charge in [-0.15, -0.1) is 0 Å². The standard InChI is InChI=1S/C26H28N4O5/c1-2-7-22(24(31)29-23(25(32)33)12-16-13-27-15-28-16)30-26(34)35-14-21-19-10-5-3-8-17(19)18-9-4-6-11-20(18)21/h3-6,8-11,13,15,21-23H,2,7,12,14H2,1H3,(H,27,28)(H,29,31)(H,30,34)(H,32,33)/t22-,23+/m1/s1. The van der Waals surface area contributed by atoms with Crippen molar-refractivity contribution in [2.24, 2.45) is 0 Å². The van der Waals surface area contributed by atoms with Gasteiger partial charge in [0.25, 0.3) is 0 Å². The van der Waals surface area contributed by atoms with Crippen LogP contribution in [0.5, 0.6) is 0 Å². The first-order chi connectivity index (χ1) is 17.0. The molecule has 1 aromatic heterocycles. The van der Waals surface area contributed by atoms with E-state index in [4.69, 9.17) is 4.74 Å². The van der Waals surface area contributed by atoms with E-state index in [1.54, 1.807) is 0 Å². The number of ether oxygens (including phenoxy) is 1. The maximum absolute atomic E-state index is 12.8. The van der Waals surface area contributed by atoms with Crippen molar-refractivity contribution < 1.29 is 24.2 Å². The van der Waals surface area contributed by atoms with Gasteiger partial charge >= 0.3 is 12.1 Å². The number of carbonyl (C=O) groups excluding carboxylic acids is 2. The molecule has 4 N–H and O–H groups in total. The van der Waals surface area contributed by atoms with Crippen LogP contribution in [0.1, 0.15) is 42.5 Å². The fourth-order valence-electron chi connectivity index (χ4n) is 4.43. The maximum Gasteiger partial charge on any atom is 0.407 e. The highest BCUT2D eigenvalue weighted by Gasteiger charge is 2.30. The Hall–Kier alpha value is -4.14. The number of H-pyrrole nitrogens is 1. The van der Waals surface area contributed by atoms with E-state index in [0.29, 0.717) is 18.5 Å². The zero-order valence-corrected chi connectivity index (χ0v) is 19.4. The highest BCUT2D eigenvalue weighted by Crippen LogP contribution is 2.44. The number of hydrogen-bond donors (Lipinski definition) is 4. The minimum absolute atomic E-state index is 0.0465. The van der Waals surface area contributed by atoms with Gasteiger partial charge in [0, 0.05) is 24.2 Å². The highest BCUT2D eigenvalue weighted by atomic mass is 16.5. The molecule has 9 nitrogen and oxygen atoms in total. The van der Waals surface area contributed by atoms with E-state index >= 15 is 0 Å². The van der Waals surface area contributed by atoms with Crippen LogP contribution in [0.2, 0.25) is 0 Å². The number of nitrogens with one attached hydrogen (secondary N) is 3. The van der Waals surface area contributed by atoms with Gasteiger partial charge in [0.15, 0.2) is 0 Å². The number of carboxylic acids is 1. The first-order valence-electron chi connectivity index (χ1n) is 11.6. The van der Waals surface area contributed by atoms with Gasteiger partial charge in [-0.25, -0.2) is 14.6 Å². The lowest BCUT2D eigenvalue weighted by Gasteiger charge is -2.21. The number of aliphatic carboxylic acids is 1. The van der Waals surface area contributed by atoms with Crippen LogP contribution in [-0.2, 0) is 20.7 Å². The number of aromatic amines is 1. The van der Waals surface area contributed by atoms with Crippen LogP contribution in [0, 0.1) is 0 Å². The number of alkyl carbamates (subject to hydrolysis) is 1. The van der Waals surface area contributed by atoms with Gasteiger partial charge in [0.2, 0.25) is 5.91 Å². The van der Waals surface area contributed by atoms with E-state index < -0.39 is 30.1 Å². The number of carbonyl (C=O) groups is 3. The fourth-order valence-corrected chi connectivity index (χ4v) is 4.43. The SMILES string of the molecule is CCC[C@@H](NC(=O)OCC1c2ccccc2-c2ccccc21)C(=O)N[C@@H](Cc1cnc[nH]1)C(=O)O. The van der Waals surface area contributed by atoms with Crippen LogP contribution < -0.4 is 10.6 Å². The van der Waals surface area contributed by atoms with Gasteiger partial charge in [-0.1, -0.05) is 61.9 Å². The van der Waals surface area contributed by atoms with Crippen molar-refractivity contribution in [3.8, 4) is 11.1 Å². The Balaban J connectivity index is 1.38. The lowest BCUT2D eigenvalue weighted by molar-refractivity contribution is -0.142. The van der Waals surface area contributed by atoms with Crippen molar-refractivity contribution in [3.05, 3.63) is 77.9 Å². The number of aromatic nitrogens is 2. The van der Waals surface area contributed by atoms with Crippen molar-refractivity contribution in [1.29, 1.82) is 0 Å². The van der Waals surface area contributed by atoms with Crippen molar-refractivity contribution in [2.45, 2.75) is 44.2 Å². The molecule has 0 saturated heterocycles. The number of amides is 2. The molecule has 0 fully saturated rings. The summed E-state index contributed by atoms with van der Waals surface area (Å²) >= 11 is 0. The van der Waals surface area contributed by atoms with Crippen LogP contribution >= 0.6 is 0 Å². The summed E-state index contributed by atoms with van der Waals surface area (Å²) in [5.74, 6) is -1.85. The monoisotopic (exact) mass is 476 g/mol. The van der Waals surface area contributed by atoms with Crippen molar-refractivity contribution in [2.75, 3.05) is 6.61 Å². The smallest absolute Gasteiger partial charge is 0.407 e. The molecule has 0 radical (unpaired) electrons. The Bertz CT molecular complexity index is 1150. The van der Waals surface area contributed by atoms with Crippen LogP contribution in [0.4, 0.5) is 4.79 Å². The molecule has 3 aromatic rings. The Kier molecular flexibility index (Phi) is 7.45. The third kappa shape index (κ3) is 5.51. The summed E-state index contributed by atoms with van der Waals surface area (Å²) in [6.45, 7) is 2.00. The normalized spacial score (nSPS) is 13.9. The summed E-state index contributed by atoms with van der Waals surface area (Å²) in [5.41, 5.74) is 5.00. The van der Waals surface area contributed by atoms with Crippen LogP contribution in [0.25, 0.3) is 11.1 Å². The first kappa shape index (κ1) is 24.0. The van der Waals surface area contributed by atoms with Gasteiger partial charge < -0.3 is 25.5 Å². The third-order valence-corrected chi connectivity index (χ3v) is 6.12. The molecule has 2 aromatic carbocycles. The fraction of sp³-hybridized carbons (Fsp3) is 0.308. The first-order valence-corrected chi connectivity index (χ1v) is 11.6. The molecule has 0 saturated carbocycles. The van der Waals surface area contributed by atoms with Gasteiger partial charge in [0.05, 0.1) is 6.33 Å². The second kappa shape index (κ2) is 10.9. The zero-order valence-electron chi connectivity index (χ0n) is 19.4. The van der Waals surface area contributed by atoms with E-state index in [1.165, 1.54) is 12.5 Å². The van der Waals surface area contributed by atoms with E-state index in [-0.39, 0.29) is 18.9 Å². The molecule has 9 heteroatoms. The predicted molar refractivity (Wildman–Crippen MR) is 129 cm³/mol. The van der Waals surface area contributed by atoms with Crippen molar-refractivity contribution >= 4 is 18.0 Å². The number of benzene rings is 2. The van der Waals surface area contributed by atoms with Crippen molar-refractivity contribution in [1.82, 2.24) is 20.6 Å². The summed E-state index contributed by atoms with van der Waals surface area (Å²) in [6, 6.07) is 14.0. The molecule has 0 spiro atoms. The molecule has 4 rings (SSSR count). The molecule has 182 valence electrons. The maximum atomic E-state index is 12.8. The molecule has 35 heavy (non-hydrogen) atoms. The van der Waals surface area contributed by atoms with E-state index in [1.807, 2.05) is 43.3 Å². The average Bonchev–Trinajstić information content (AvgIpc) is 3.48. The minimum Gasteiger partial charge on any atom is -0.480 e. The Morgan fingerprint density at radius 3 is 2.26 bits per heavy atom. The second-order valence-electron chi connectivity index (χ2n) is 8.49. The van der Waals surface area contributed by atoms with Crippen LogP contribution in [0.15, 0.2) is 61.1 Å². The van der Waals surface area contributed by atoms with Gasteiger partial charge in [-0.3, -0.25) is 4.79 Å². The number of imidazole rings is 1. The summed E-state index contributed by atoms with van der Waals surface area (Å²) in [7, 11) is 0. The lowest BCUT2D eigenvalue weighted by Crippen LogP contribution is -2.52. The van der Waals surface area contributed by atoms with Gasteiger partial charge in [0.1, 0.15) is 18.7 Å². The summed E-state index contributed by atoms with van der Waals surface area (Å²) in [6.07, 6.45) is 3.22. The Morgan fingerprint density at radius 2 is 1.69 bits per heavy atom. The van der Waals surface area contributed by atoms with Crippen molar-refractivity contribution in [3.63, 3.8) is 0 Å². The summed E-state index contributed by atoms with van der Waals surface area (Å²) in [4.78, 5) is 43.8. The van der Waals surface area contributed by atoms with Crippen LogP contribution in [0.3, 0.4) is 0 Å². The Labute approximate surface area is 202 Å². The lowest BCUT2D eigenvalue weighted by atomic mass is 9.98.